The molecule has 1 aliphatic carbocycles. The first-order valence-electron chi connectivity index (χ1n) is 9.03. The van der Waals surface area contributed by atoms with Crippen LogP contribution < -0.4 is 10.6 Å². The smallest absolute Gasteiger partial charge is 0.361 e. The van der Waals surface area contributed by atoms with E-state index >= 15 is 0 Å². The quantitative estimate of drug-likeness (QED) is 0.701. The molecular formula is C18H19ClF3N3O3. The number of hydrogen-bond acceptors (Lipinski definition) is 4. The minimum absolute atomic E-state index is 0.0531. The van der Waals surface area contributed by atoms with Gasteiger partial charge < -0.3 is 15.3 Å². The SMILES string of the molecule is O=C(CC[C@@]1(C2CC2)NC(O)NC1=O)N1Cc2cc(Cl)c(C(F)(F)F)cc2C1. The molecule has 2 heterocycles. The Morgan fingerprint density at radius 2 is 1.93 bits per heavy atom. The fourth-order valence-corrected chi connectivity index (χ4v) is 4.44. The Kier molecular flexibility index (Phi) is 4.59. The van der Waals surface area contributed by atoms with Crippen molar-refractivity contribution in [3.63, 3.8) is 0 Å². The lowest BCUT2D eigenvalue weighted by atomic mass is 9.88. The lowest BCUT2D eigenvalue weighted by Gasteiger charge is -2.27. The van der Waals surface area contributed by atoms with Crippen LogP contribution in [0.25, 0.3) is 0 Å². The second-order valence-corrected chi connectivity index (χ2v) is 8.02. The van der Waals surface area contributed by atoms with Gasteiger partial charge in [-0.1, -0.05) is 11.6 Å². The molecule has 0 radical (unpaired) electrons. The number of nitrogens with zero attached hydrogens (tertiary/aromatic N) is 1. The molecule has 1 saturated carbocycles. The number of rotatable bonds is 4. The normalized spacial score (nSPS) is 27.1. The zero-order valence-corrected chi connectivity index (χ0v) is 15.5. The number of fused-ring (bicyclic) bond motifs is 1. The zero-order valence-electron chi connectivity index (χ0n) is 14.8. The summed E-state index contributed by atoms with van der Waals surface area (Å²) in [4.78, 5) is 26.4. The summed E-state index contributed by atoms with van der Waals surface area (Å²) < 4.78 is 39.1. The number of hydrogen-bond donors (Lipinski definition) is 3. The van der Waals surface area contributed by atoms with Crippen LogP contribution in [0.4, 0.5) is 13.2 Å². The summed E-state index contributed by atoms with van der Waals surface area (Å²) in [6.07, 6.45) is -3.73. The number of carbonyl (C=O) groups excluding carboxylic acids is 2. The summed E-state index contributed by atoms with van der Waals surface area (Å²) in [6, 6.07) is 2.26. The second-order valence-electron chi connectivity index (χ2n) is 7.61. The summed E-state index contributed by atoms with van der Waals surface area (Å²) in [5.74, 6) is -0.500. The van der Waals surface area contributed by atoms with Crippen LogP contribution in [0.5, 0.6) is 0 Å². The van der Waals surface area contributed by atoms with E-state index in [4.69, 9.17) is 11.6 Å². The van der Waals surface area contributed by atoms with Gasteiger partial charge in [0.2, 0.25) is 11.8 Å². The lowest BCUT2D eigenvalue weighted by Crippen LogP contribution is -2.50. The van der Waals surface area contributed by atoms with Crippen LogP contribution in [0, 0.1) is 5.92 Å². The van der Waals surface area contributed by atoms with Gasteiger partial charge in [0.05, 0.1) is 10.6 Å². The van der Waals surface area contributed by atoms with Gasteiger partial charge >= 0.3 is 6.18 Å². The van der Waals surface area contributed by atoms with E-state index in [1.165, 1.54) is 11.0 Å². The van der Waals surface area contributed by atoms with Crippen molar-refractivity contribution in [2.45, 2.75) is 56.8 Å². The van der Waals surface area contributed by atoms with Crippen LogP contribution in [0.3, 0.4) is 0 Å². The van der Waals surface area contributed by atoms with Gasteiger partial charge in [-0.2, -0.15) is 13.2 Å². The fraction of sp³-hybridized carbons (Fsp3) is 0.556. The predicted molar refractivity (Wildman–Crippen MR) is 92.7 cm³/mol. The molecule has 28 heavy (non-hydrogen) atoms. The van der Waals surface area contributed by atoms with Crippen LogP contribution in [-0.4, -0.2) is 33.7 Å². The molecule has 1 unspecified atom stereocenters. The molecule has 10 heteroatoms. The molecule has 1 aromatic rings. The van der Waals surface area contributed by atoms with E-state index in [0.29, 0.717) is 11.1 Å². The summed E-state index contributed by atoms with van der Waals surface area (Å²) in [5.41, 5.74) is -0.853. The summed E-state index contributed by atoms with van der Waals surface area (Å²) in [7, 11) is 0. The van der Waals surface area contributed by atoms with Crippen molar-refractivity contribution >= 4 is 23.4 Å². The number of aliphatic hydroxyl groups is 1. The molecule has 2 aliphatic heterocycles. The molecule has 3 N–H and O–H groups in total. The number of amides is 2. The topological polar surface area (TPSA) is 81.7 Å². The Morgan fingerprint density at radius 1 is 1.29 bits per heavy atom. The van der Waals surface area contributed by atoms with E-state index in [1.54, 1.807) is 0 Å². The van der Waals surface area contributed by atoms with E-state index in [-0.39, 0.29) is 48.7 Å². The third kappa shape index (κ3) is 3.35. The average Bonchev–Trinajstić information content (AvgIpc) is 3.30. The molecule has 2 atom stereocenters. The molecule has 1 aromatic carbocycles. The van der Waals surface area contributed by atoms with E-state index in [2.05, 4.69) is 10.6 Å². The van der Waals surface area contributed by atoms with Gasteiger partial charge in [0.1, 0.15) is 5.54 Å². The Morgan fingerprint density at radius 3 is 2.46 bits per heavy atom. The van der Waals surface area contributed by atoms with Crippen molar-refractivity contribution in [3.05, 3.63) is 33.8 Å². The second kappa shape index (κ2) is 6.60. The average molecular weight is 418 g/mol. The number of aliphatic hydroxyl groups excluding tert-OH is 1. The van der Waals surface area contributed by atoms with Gasteiger partial charge in [0, 0.05) is 19.5 Å². The predicted octanol–water partition coefficient (Wildman–Crippen LogP) is 2.13. The van der Waals surface area contributed by atoms with Crippen molar-refractivity contribution in [2.75, 3.05) is 0 Å². The first-order valence-corrected chi connectivity index (χ1v) is 9.41. The third-order valence-corrected chi connectivity index (χ3v) is 6.06. The number of carbonyl (C=O) groups is 2. The van der Waals surface area contributed by atoms with Gasteiger partial charge in [-0.15, -0.1) is 0 Å². The largest absolute Gasteiger partial charge is 0.417 e. The van der Waals surface area contributed by atoms with E-state index in [9.17, 15) is 27.9 Å². The number of nitrogens with one attached hydrogen (secondary N) is 2. The van der Waals surface area contributed by atoms with Gasteiger partial charge in [0.25, 0.3) is 0 Å². The van der Waals surface area contributed by atoms with Gasteiger partial charge in [-0.3, -0.25) is 14.9 Å². The van der Waals surface area contributed by atoms with Crippen molar-refractivity contribution in [1.29, 1.82) is 0 Å². The van der Waals surface area contributed by atoms with E-state index in [1.807, 2.05) is 0 Å². The number of halogens is 4. The standard InChI is InChI=1S/C18H19ClF3N3O3/c19-13-6-10-8-25(7-9(10)5-12(13)18(20,21)22)14(26)3-4-17(11-1-2-11)15(27)23-16(28)24-17/h5-6,11,16,24,28H,1-4,7-8H2,(H,23,27)/t16?,17-/m0/s1. The fourth-order valence-electron chi connectivity index (χ4n) is 4.14. The molecule has 2 fully saturated rings. The summed E-state index contributed by atoms with van der Waals surface area (Å²) >= 11 is 5.76. The molecule has 152 valence electrons. The van der Waals surface area contributed by atoms with Crippen LogP contribution in [0.1, 0.15) is 42.4 Å². The third-order valence-electron chi connectivity index (χ3n) is 5.74. The van der Waals surface area contributed by atoms with Crippen LogP contribution in [0.2, 0.25) is 5.02 Å². The van der Waals surface area contributed by atoms with E-state index < -0.39 is 23.6 Å². The van der Waals surface area contributed by atoms with Gasteiger partial charge in [-0.05, 0) is 48.4 Å². The molecule has 6 nitrogen and oxygen atoms in total. The highest BCUT2D eigenvalue weighted by atomic mass is 35.5. The van der Waals surface area contributed by atoms with Crippen LogP contribution in [0.15, 0.2) is 12.1 Å². The highest BCUT2D eigenvalue weighted by Gasteiger charge is 2.55. The first-order chi connectivity index (χ1) is 13.1. The van der Waals surface area contributed by atoms with Crippen LogP contribution >= 0.6 is 11.6 Å². The van der Waals surface area contributed by atoms with E-state index in [0.717, 1.165) is 18.9 Å². The van der Waals surface area contributed by atoms with Crippen molar-refractivity contribution in [3.8, 4) is 0 Å². The summed E-state index contributed by atoms with van der Waals surface area (Å²) in [6.45, 7) is 0.262. The highest BCUT2D eigenvalue weighted by Crippen LogP contribution is 2.44. The molecular weight excluding hydrogens is 399 g/mol. The van der Waals surface area contributed by atoms with Crippen LogP contribution in [-0.2, 0) is 28.9 Å². The van der Waals surface area contributed by atoms with Gasteiger partial charge in [0.15, 0.2) is 6.35 Å². The molecule has 1 saturated heterocycles. The molecule has 3 aliphatic rings. The minimum atomic E-state index is -4.55. The molecule has 2 amide bonds. The summed E-state index contributed by atoms with van der Waals surface area (Å²) in [5, 5.41) is 14.6. The Bertz CT molecular complexity index is 843. The van der Waals surface area contributed by atoms with Crippen molar-refractivity contribution in [1.82, 2.24) is 15.5 Å². The first kappa shape index (κ1) is 19.5. The Hall–Kier alpha value is -1.84. The Balaban J connectivity index is 1.44. The van der Waals surface area contributed by atoms with Crippen molar-refractivity contribution < 1.29 is 27.9 Å². The molecule has 0 aromatic heterocycles. The van der Waals surface area contributed by atoms with Crippen molar-refractivity contribution in [2.24, 2.45) is 5.92 Å². The monoisotopic (exact) mass is 417 g/mol. The highest BCUT2D eigenvalue weighted by molar-refractivity contribution is 6.31. The zero-order chi connectivity index (χ0) is 20.3. The maximum atomic E-state index is 13.0. The van der Waals surface area contributed by atoms with Gasteiger partial charge in [-0.25, -0.2) is 0 Å². The molecule has 4 rings (SSSR count). The number of alkyl halides is 3. The minimum Gasteiger partial charge on any atom is -0.361 e. The lowest BCUT2D eigenvalue weighted by molar-refractivity contribution is -0.137. The maximum Gasteiger partial charge on any atom is 0.417 e. The maximum absolute atomic E-state index is 13.0. The number of benzene rings is 1. The molecule has 0 bridgehead atoms. The molecule has 0 spiro atoms. The Labute approximate surface area is 164 Å².